The van der Waals surface area contributed by atoms with Crippen molar-refractivity contribution in [1.29, 1.82) is 0 Å². The van der Waals surface area contributed by atoms with Crippen molar-refractivity contribution >= 4 is 11.0 Å². The minimum Gasteiger partial charge on any atom is -0.341 e. The van der Waals surface area contributed by atoms with Gasteiger partial charge in [0.15, 0.2) is 0 Å². The molecule has 0 bridgehead atoms. The van der Waals surface area contributed by atoms with Gasteiger partial charge < -0.3 is 10.3 Å². The minimum atomic E-state index is 0.440. The molecule has 2 aromatic rings. The van der Waals surface area contributed by atoms with E-state index in [0.717, 1.165) is 16.9 Å². The molecule has 82 valence electrons. The normalized spacial score (nSPS) is 26.6. The Labute approximate surface area is 94.3 Å². The summed E-state index contributed by atoms with van der Waals surface area (Å²) in [7, 11) is 0. The zero-order chi connectivity index (χ0) is 10.6. The van der Waals surface area contributed by atoms with Crippen molar-refractivity contribution in [3.63, 3.8) is 0 Å². The number of hydrogen-bond acceptors (Lipinski definition) is 2. The molecule has 0 unspecified atom stereocenters. The predicted molar refractivity (Wildman–Crippen MR) is 63.1 cm³/mol. The van der Waals surface area contributed by atoms with E-state index in [1.807, 2.05) is 6.07 Å². The quantitative estimate of drug-likeness (QED) is 0.763. The van der Waals surface area contributed by atoms with Gasteiger partial charge in [-0.25, -0.2) is 4.98 Å². The summed E-state index contributed by atoms with van der Waals surface area (Å²) in [4.78, 5) is 8.10. The third kappa shape index (κ3) is 1.21. The number of nitrogens with zero attached hydrogens (tertiary/aromatic N) is 1. The average Bonchev–Trinajstić information content (AvgIpc) is 2.76. The highest BCUT2D eigenvalue weighted by Crippen LogP contribution is 2.54. The van der Waals surface area contributed by atoms with Gasteiger partial charge in [-0.3, -0.25) is 0 Å². The van der Waals surface area contributed by atoms with Crippen LogP contribution >= 0.6 is 0 Å². The van der Waals surface area contributed by atoms with Gasteiger partial charge in [-0.05, 0) is 36.8 Å². The molecule has 3 nitrogen and oxygen atoms in total. The van der Waals surface area contributed by atoms with E-state index in [4.69, 9.17) is 0 Å². The SMILES string of the molecule is c1ccc2[nH]c([C@@H]3CC4(CC4)CN3)nc2c1. The number of rotatable bonds is 1. The minimum absolute atomic E-state index is 0.440. The number of imidazole rings is 1. The van der Waals surface area contributed by atoms with Crippen LogP contribution < -0.4 is 5.32 Å². The van der Waals surface area contributed by atoms with E-state index in [1.54, 1.807) is 0 Å². The first-order chi connectivity index (χ1) is 7.85. The number of aromatic amines is 1. The van der Waals surface area contributed by atoms with E-state index in [2.05, 4.69) is 33.5 Å². The number of para-hydroxylation sites is 2. The van der Waals surface area contributed by atoms with Crippen LogP contribution in [0.25, 0.3) is 11.0 Å². The van der Waals surface area contributed by atoms with Crippen molar-refractivity contribution in [2.75, 3.05) is 6.54 Å². The molecule has 2 heterocycles. The Hall–Kier alpha value is -1.35. The van der Waals surface area contributed by atoms with Crippen molar-refractivity contribution in [2.45, 2.75) is 25.3 Å². The summed E-state index contributed by atoms with van der Waals surface area (Å²) in [6.45, 7) is 1.18. The summed E-state index contributed by atoms with van der Waals surface area (Å²) in [5, 5.41) is 3.59. The average molecular weight is 213 g/mol. The van der Waals surface area contributed by atoms with E-state index in [0.29, 0.717) is 11.5 Å². The summed E-state index contributed by atoms with van der Waals surface area (Å²) in [5.74, 6) is 1.12. The number of nitrogens with one attached hydrogen (secondary N) is 2. The van der Waals surface area contributed by atoms with E-state index in [1.165, 1.54) is 25.8 Å². The fourth-order valence-electron chi connectivity index (χ4n) is 2.81. The highest BCUT2D eigenvalue weighted by atomic mass is 15.1. The van der Waals surface area contributed by atoms with Gasteiger partial charge in [0.1, 0.15) is 5.82 Å². The number of fused-ring (bicyclic) bond motifs is 1. The molecule has 1 atom stereocenters. The van der Waals surface area contributed by atoms with Crippen LogP contribution in [0.3, 0.4) is 0 Å². The van der Waals surface area contributed by atoms with Gasteiger partial charge in [-0.15, -0.1) is 0 Å². The standard InChI is InChI=1S/C13H15N3/c1-2-4-10-9(3-1)15-12(16-10)11-7-13(5-6-13)8-14-11/h1-4,11,14H,5-8H2,(H,15,16)/t11-/m0/s1. The maximum atomic E-state index is 4.67. The summed E-state index contributed by atoms with van der Waals surface area (Å²) < 4.78 is 0. The second-order valence-corrected chi connectivity index (χ2v) is 5.28. The first kappa shape index (κ1) is 8.76. The van der Waals surface area contributed by atoms with Crippen LogP contribution in [0.5, 0.6) is 0 Å². The predicted octanol–water partition coefficient (Wildman–Crippen LogP) is 2.38. The second kappa shape index (κ2) is 2.86. The molecule has 1 saturated carbocycles. The molecule has 1 saturated heterocycles. The zero-order valence-corrected chi connectivity index (χ0v) is 9.16. The number of hydrogen-bond donors (Lipinski definition) is 2. The topological polar surface area (TPSA) is 40.7 Å². The molecule has 3 heteroatoms. The van der Waals surface area contributed by atoms with Gasteiger partial charge in [0.05, 0.1) is 17.1 Å². The number of aromatic nitrogens is 2. The molecule has 1 aliphatic heterocycles. The zero-order valence-electron chi connectivity index (χ0n) is 9.16. The highest BCUT2D eigenvalue weighted by molar-refractivity contribution is 5.74. The Morgan fingerprint density at radius 1 is 1.25 bits per heavy atom. The van der Waals surface area contributed by atoms with Crippen LogP contribution in [0.2, 0.25) is 0 Å². The van der Waals surface area contributed by atoms with Crippen molar-refractivity contribution in [3.05, 3.63) is 30.1 Å². The molecule has 1 aliphatic carbocycles. The Morgan fingerprint density at radius 2 is 2.12 bits per heavy atom. The fraction of sp³-hybridized carbons (Fsp3) is 0.462. The molecule has 1 aromatic carbocycles. The molecule has 4 rings (SSSR count). The molecular formula is C13H15N3. The van der Waals surface area contributed by atoms with E-state index in [-0.39, 0.29) is 0 Å². The Morgan fingerprint density at radius 3 is 2.88 bits per heavy atom. The highest BCUT2D eigenvalue weighted by Gasteiger charge is 2.49. The van der Waals surface area contributed by atoms with Gasteiger partial charge in [-0.1, -0.05) is 12.1 Å². The Kier molecular flexibility index (Phi) is 1.56. The molecule has 2 N–H and O–H groups in total. The summed E-state index contributed by atoms with van der Waals surface area (Å²) in [6.07, 6.45) is 4.06. The van der Waals surface area contributed by atoms with Crippen molar-refractivity contribution < 1.29 is 0 Å². The largest absolute Gasteiger partial charge is 0.341 e. The van der Waals surface area contributed by atoms with Gasteiger partial charge in [0.25, 0.3) is 0 Å². The summed E-state index contributed by atoms with van der Waals surface area (Å²) in [6, 6.07) is 8.69. The van der Waals surface area contributed by atoms with Crippen LogP contribution in [0.1, 0.15) is 31.1 Å². The third-order valence-corrected chi connectivity index (χ3v) is 4.06. The maximum absolute atomic E-state index is 4.67. The molecule has 16 heavy (non-hydrogen) atoms. The maximum Gasteiger partial charge on any atom is 0.124 e. The first-order valence-electron chi connectivity index (χ1n) is 6.03. The smallest absolute Gasteiger partial charge is 0.124 e. The fourth-order valence-corrected chi connectivity index (χ4v) is 2.81. The van der Waals surface area contributed by atoms with Crippen LogP contribution in [-0.2, 0) is 0 Å². The molecule has 0 amide bonds. The van der Waals surface area contributed by atoms with Crippen LogP contribution in [0, 0.1) is 5.41 Å². The van der Waals surface area contributed by atoms with Gasteiger partial charge in [0.2, 0.25) is 0 Å². The lowest BCUT2D eigenvalue weighted by Gasteiger charge is -2.05. The second-order valence-electron chi connectivity index (χ2n) is 5.28. The molecule has 2 fully saturated rings. The number of benzene rings is 1. The number of H-pyrrole nitrogens is 1. The van der Waals surface area contributed by atoms with Crippen LogP contribution in [-0.4, -0.2) is 16.5 Å². The summed E-state index contributed by atoms with van der Waals surface area (Å²) in [5.41, 5.74) is 2.86. The molecule has 2 aliphatic rings. The van der Waals surface area contributed by atoms with Crippen molar-refractivity contribution in [3.8, 4) is 0 Å². The lowest BCUT2D eigenvalue weighted by Crippen LogP contribution is -2.14. The molecular weight excluding hydrogens is 198 g/mol. The molecule has 0 radical (unpaired) electrons. The molecule has 1 spiro atoms. The van der Waals surface area contributed by atoms with E-state index >= 15 is 0 Å². The van der Waals surface area contributed by atoms with Crippen LogP contribution in [0.4, 0.5) is 0 Å². The Balaban J connectivity index is 1.71. The first-order valence-corrected chi connectivity index (χ1v) is 6.03. The lowest BCUT2D eigenvalue weighted by molar-refractivity contribution is 0.543. The summed E-state index contributed by atoms with van der Waals surface area (Å²) >= 11 is 0. The van der Waals surface area contributed by atoms with Crippen molar-refractivity contribution in [1.82, 2.24) is 15.3 Å². The molecule has 1 aromatic heterocycles. The van der Waals surface area contributed by atoms with Crippen molar-refractivity contribution in [2.24, 2.45) is 5.41 Å². The Bertz CT molecular complexity index is 506. The van der Waals surface area contributed by atoms with Crippen LogP contribution in [0.15, 0.2) is 24.3 Å². The van der Waals surface area contributed by atoms with Gasteiger partial charge in [0, 0.05) is 6.54 Å². The van der Waals surface area contributed by atoms with E-state index in [9.17, 15) is 0 Å². The van der Waals surface area contributed by atoms with E-state index < -0.39 is 0 Å². The lowest BCUT2D eigenvalue weighted by atomic mass is 10.0. The monoisotopic (exact) mass is 213 g/mol. The van der Waals surface area contributed by atoms with Gasteiger partial charge >= 0.3 is 0 Å². The van der Waals surface area contributed by atoms with Gasteiger partial charge in [-0.2, -0.15) is 0 Å². The third-order valence-electron chi connectivity index (χ3n) is 4.06.